The minimum absolute atomic E-state index is 0.164. The van der Waals surface area contributed by atoms with Gasteiger partial charge >= 0.3 is 12.1 Å². The first-order chi connectivity index (χ1) is 18.1. The van der Waals surface area contributed by atoms with Gasteiger partial charge in [0.1, 0.15) is 6.54 Å². The molecule has 0 saturated carbocycles. The third kappa shape index (κ3) is 7.66. The fourth-order valence-electron chi connectivity index (χ4n) is 3.42. The van der Waals surface area contributed by atoms with Crippen LogP contribution in [0.1, 0.15) is 33.2 Å². The van der Waals surface area contributed by atoms with E-state index < -0.39 is 35.4 Å². The first-order valence-corrected chi connectivity index (χ1v) is 11.5. The zero-order valence-electron chi connectivity index (χ0n) is 20.2. The second-order valence-electron chi connectivity index (χ2n) is 7.92. The maximum absolute atomic E-state index is 13.0. The number of alkyl halides is 3. The van der Waals surface area contributed by atoms with Crippen molar-refractivity contribution in [3.63, 3.8) is 0 Å². The van der Waals surface area contributed by atoms with Crippen molar-refractivity contribution in [2.45, 2.75) is 13.1 Å². The zero-order chi connectivity index (χ0) is 27.7. The van der Waals surface area contributed by atoms with Gasteiger partial charge in [-0.05, 0) is 54.4 Å². The van der Waals surface area contributed by atoms with Crippen LogP contribution in [0, 0.1) is 0 Å². The quantitative estimate of drug-likeness (QED) is 0.364. The molecule has 0 radical (unpaired) electrons. The largest absolute Gasteiger partial charge is 0.465 e. The van der Waals surface area contributed by atoms with Crippen molar-refractivity contribution in [2.24, 2.45) is 0 Å². The number of carbonyl (C=O) groups excluding carboxylic acids is 4. The highest BCUT2D eigenvalue weighted by molar-refractivity contribution is 6.09. The summed E-state index contributed by atoms with van der Waals surface area (Å²) in [7, 11) is 0. The molecule has 198 valence electrons. The molecule has 0 heterocycles. The summed E-state index contributed by atoms with van der Waals surface area (Å²) in [5.74, 6) is -2.31. The standard InChI is InChI=1S/C27H24F3N3O5/c1-2-38-24(35)16-31-23(34)15-32-25(36)18-6-5-7-20(14-18)33-26(37)22-9-4-3-8-21(22)17-10-12-19(13-11-17)27(28,29)30/h3-14H,2,15-16H2,1H3,(H,31,34)(H,32,36)(H,33,37). The lowest BCUT2D eigenvalue weighted by molar-refractivity contribution is -0.143. The topological polar surface area (TPSA) is 114 Å². The Bertz CT molecular complexity index is 1320. The number of benzene rings is 3. The lowest BCUT2D eigenvalue weighted by Gasteiger charge is -2.12. The van der Waals surface area contributed by atoms with Gasteiger partial charge in [0.2, 0.25) is 5.91 Å². The lowest BCUT2D eigenvalue weighted by atomic mass is 9.98. The molecule has 3 rings (SSSR count). The normalized spacial score (nSPS) is 10.8. The number of esters is 1. The summed E-state index contributed by atoms with van der Waals surface area (Å²) in [5.41, 5.74) is 0.739. The lowest BCUT2D eigenvalue weighted by Crippen LogP contribution is -2.39. The molecule has 3 aromatic carbocycles. The number of hydrogen-bond donors (Lipinski definition) is 3. The zero-order valence-corrected chi connectivity index (χ0v) is 20.2. The number of nitrogens with one attached hydrogen (secondary N) is 3. The number of amides is 3. The number of rotatable bonds is 9. The van der Waals surface area contributed by atoms with E-state index in [9.17, 15) is 32.3 Å². The highest BCUT2D eigenvalue weighted by atomic mass is 19.4. The Kier molecular flexibility index (Phi) is 9.20. The van der Waals surface area contributed by atoms with Crippen LogP contribution in [-0.2, 0) is 20.5 Å². The van der Waals surface area contributed by atoms with Crippen LogP contribution in [-0.4, -0.2) is 43.4 Å². The minimum Gasteiger partial charge on any atom is -0.465 e. The van der Waals surface area contributed by atoms with Crippen LogP contribution in [0.4, 0.5) is 18.9 Å². The van der Waals surface area contributed by atoms with Gasteiger partial charge in [-0.2, -0.15) is 13.2 Å². The van der Waals surface area contributed by atoms with Gasteiger partial charge in [0.05, 0.1) is 18.7 Å². The molecule has 3 aromatic rings. The van der Waals surface area contributed by atoms with Gasteiger partial charge < -0.3 is 20.7 Å². The van der Waals surface area contributed by atoms with Gasteiger partial charge in [-0.25, -0.2) is 0 Å². The number of hydrogen-bond acceptors (Lipinski definition) is 5. The third-order valence-corrected chi connectivity index (χ3v) is 5.22. The SMILES string of the molecule is CCOC(=O)CNC(=O)CNC(=O)c1cccc(NC(=O)c2ccccc2-c2ccc(C(F)(F)F)cc2)c1. The molecule has 0 atom stereocenters. The average Bonchev–Trinajstić information content (AvgIpc) is 2.90. The highest BCUT2D eigenvalue weighted by Crippen LogP contribution is 2.32. The first kappa shape index (κ1) is 27.9. The second kappa shape index (κ2) is 12.5. The first-order valence-electron chi connectivity index (χ1n) is 11.5. The van der Waals surface area contributed by atoms with Crippen LogP contribution in [0.2, 0.25) is 0 Å². The van der Waals surface area contributed by atoms with Gasteiger partial charge in [0.25, 0.3) is 11.8 Å². The van der Waals surface area contributed by atoms with E-state index in [1.165, 1.54) is 36.4 Å². The van der Waals surface area contributed by atoms with Gasteiger partial charge in [-0.1, -0.05) is 36.4 Å². The summed E-state index contributed by atoms with van der Waals surface area (Å²) in [6.45, 7) is 1.11. The van der Waals surface area contributed by atoms with Crippen LogP contribution >= 0.6 is 0 Å². The van der Waals surface area contributed by atoms with E-state index in [0.29, 0.717) is 11.1 Å². The van der Waals surface area contributed by atoms with Crippen LogP contribution in [0.25, 0.3) is 11.1 Å². The summed E-state index contributed by atoms with van der Waals surface area (Å²) in [5, 5.41) is 7.41. The summed E-state index contributed by atoms with van der Waals surface area (Å²) in [6.07, 6.45) is -4.47. The molecule has 0 fully saturated rings. The van der Waals surface area contributed by atoms with Crippen LogP contribution in [0.5, 0.6) is 0 Å². The second-order valence-corrected chi connectivity index (χ2v) is 7.92. The molecule has 0 saturated heterocycles. The molecule has 0 aromatic heterocycles. The Morgan fingerprint density at radius 3 is 2.21 bits per heavy atom. The molecular weight excluding hydrogens is 503 g/mol. The van der Waals surface area contributed by atoms with Gasteiger partial charge in [-0.15, -0.1) is 0 Å². The minimum atomic E-state index is -4.47. The highest BCUT2D eigenvalue weighted by Gasteiger charge is 2.30. The molecule has 8 nitrogen and oxygen atoms in total. The Morgan fingerprint density at radius 2 is 1.53 bits per heavy atom. The van der Waals surface area contributed by atoms with Crippen molar-refractivity contribution in [3.8, 4) is 11.1 Å². The predicted molar refractivity (Wildman–Crippen MR) is 133 cm³/mol. The van der Waals surface area contributed by atoms with Crippen LogP contribution < -0.4 is 16.0 Å². The monoisotopic (exact) mass is 527 g/mol. The molecule has 0 aliphatic heterocycles. The van der Waals surface area contributed by atoms with Crippen molar-refractivity contribution in [3.05, 3.63) is 89.5 Å². The van der Waals surface area contributed by atoms with Crippen molar-refractivity contribution >= 4 is 29.4 Å². The fraction of sp³-hybridized carbons (Fsp3) is 0.185. The number of halogens is 3. The Labute approximate surface area is 216 Å². The smallest absolute Gasteiger partial charge is 0.416 e. The van der Waals surface area contributed by atoms with Crippen molar-refractivity contribution in [1.82, 2.24) is 10.6 Å². The molecule has 11 heteroatoms. The maximum atomic E-state index is 13.0. The Hall–Kier alpha value is -4.67. The van der Waals surface area contributed by atoms with Crippen molar-refractivity contribution < 1.29 is 37.1 Å². The molecule has 0 aliphatic rings. The molecule has 38 heavy (non-hydrogen) atoms. The van der Waals surface area contributed by atoms with E-state index in [0.717, 1.165) is 12.1 Å². The molecule has 0 spiro atoms. The van der Waals surface area contributed by atoms with E-state index in [1.54, 1.807) is 31.2 Å². The van der Waals surface area contributed by atoms with Gasteiger partial charge in [-0.3, -0.25) is 19.2 Å². The molecule has 0 bridgehead atoms. The summed E-state index contributed by atoms with van der Waals surface area (Å²) in [4.78, 5) is 48.6. The van der Waals surface area contributed by atoms with Crippen LogP contribution in [0.15, 0.2) is 72.8 Å². The van der Waals surface area contributed by atoms with E-state index in [1.807, 2.05) is 0 Å². The maximum Gasteiger partial charge on any atom is 0.416 e. The van der Waals surface area contributed by atoms with E-state index in [2.05, 4.69) is 16.0 Å². The summed E-state index contributed by atoms with van der Waals surface area (Å²) < 4.78 is 43.4. The van der Waals surface area contributed by atoms with Crippen molar-refractivity contribution in [2.75, 3.05) is 25.0 Å². The van der Waals surface area contributed by atoms with E-state index in [-0.39, 0.29) is 36.5 Å². The van der Waals surface area contributed by atoms with Gasteiger partial charge in [0.15, 0.2) is 0 Å². The van der Waals surface area contributed by atoms with Crippen LogP contribution in [0.3, 0.4) is 0 Å². The van der Waals surface area contributed by atoms with Crippen molar-refractivity contribution in [1.29, 1.82) is 0 Å². The summed E-state index contributed by atoms with van der Waals surface area (Å²) in [6, 6.07) is 16.9. The predicted octanol–water partition coefficient (Wildman–Crippen LogP) is 4.03. The number of anilines is 1. The molecular formula is C27H24F3N3O5. The average molecular weight is 527 g/mol. The fourth-order valence-corrected chi connectivity index (χ4v) is 3.42. The van der Waals surface area contributed by atoms with E-state index >= 15 is 0 Å². The third-order valence-electron chi connectivity index (χ3n) is 5.22. The summed E-state index contributed by atoms with van der Waals surface area (Å²) >= 11 is 0. The van der Waals surface area contributed by atoms with E-state index in [4.69, 9.17) is 4.74 Å². The Morgan fingerprint density at radius 1 is 0.816 bits per heavy atom. The number of ether oxygens (including phenoxy) is 1. The molecule has 3 amide bonds. The molecule has 3 N–H and O–H groups in total. The number of carbonyl (C=O) groups is 4. The molecule has 0 aliphatic carbocycles. The molecule has 0 unspecified atom stereocenters. The van der Waals surface area contributed by atoms with Gasteiger partial charge in [0, 0.05) is 16.8 Å². The Balaban J connectivity index is 1.66.